The number of rotatable bonds is 6. The quantitative estimate of drug-likeness (QED) is 0.785. The highest BCUT2D eigenvalue weighted by atomic mass is 16.5. The molecule has 112 valence electrons. The Morgan fingerprint density at radius 1 is 1.30 bits per heavy atom. The molecule has 2 fully saturated rings. The van der Waals surface area contributed by atoms with Gasteiger partial charge < -0.3 is 15.0 Å². The topological polar surface area (TPSA) is 49.9 Å². The van der Waals surface area contributed by atoms with E-state index in [1.165, 1.54) is 44.2 Å². The van der Waals surface area contributed by atoms with Crippen LogP contribution in [0.4, 0.5) is 0 Å². The van der Waals surface area contributed by atoms with Crippen molar-refractivity contribution in [1.82, 2.24) is 15.3 Å². The predicted molar refractivity (Wildman–Crippen MR) is 79.5 cm³/mol. The Morgan fingerprint density at radius 2 is 2.05 bits per heavy atom. The van der Waals surface area contributed by atoms with Gasteiger partial charge in [0.1, 0.15) is 11.4 Å². The van der Waals surface area contributed by atoms with Gasteiger partial charge in [-0.1, -0.05) is 25.7 Å². The first-order chi connectivity index (χ1) is 9.82. The average molecular weight is 277 g/mol. The van der Waals surface area contributed by atoms with Crippen molar-refractivity contribution in [3.05, 3.63) is 17.7 Å². The highest BCUT2D eigenvalue weighted by Crippen LogP contribution is 2.38. The summed E-state index contributed by atoms with van der Waals surface area (Å²) in [5, 5.41) is 3.53. The molecule has 0 bridgehead atoms. The lowest BCUT2D eigenvalue weighted by atomic mass is 9.93. The number of hydrogen-bond acceptors (Lipinski definition) is 3. The Balaban J connectivity index is 1.71. The Labute approximate surface area is 121 Å². The van der Waals surface area contributed by atoms with Gasteiger partial charge in [-0.2, -0.15) is 0 Å². The van der Waals surface area contributed by atoms with Crippen LogP contribution < -0.4 is 5.32 Å². The molecule has 2 saturated carbocycles. The molecule has 2 N–H and O–H groups in total. The lowest BCUT2D eigenvalue weighted by molar-refractivity contribution is -0.0619. The molecule has 2 aliphatic carbocycles. The largest absolute Gasteiger partial charge is 0.367 e. The zero-order valence-electron chi connectivity index (χ0n) is 12.6. The van der Waals surface area contributed by atoms with Crippen molar-refractivity contribution in [3.8, 4) is 0 Å². The maximum atomic E-state index is 6.17. The zero-order valence-corrected chi connectivity index (χ0v) is 12.6. The van der Waals surface area contributed by atoms with Crippen molar-refractivity contribution in [2.24, 2.45) is 0 Å². The molecule has 1 aromatic rings. The van der Waals surface area contributed by atoms with Crippen LogP contribution in [-0.4, -0.2) is 22.6 Å². The number of hydrogen-bond donors (Lipinski definition) is 2. The van der Waals surface area contributed by atoms with Gasteiger partial charge in [-0.25, -0.2) is 4.98 Å². The van der Waals surface area contributed by atoms with Gasteiger partial charge in [-0.3, -0.25) is 0 Å². The van der Waals surface area contributed by atoms with Crippen molar-refractivity contribution in [3.63, 3.8) is 0 Å². The smallest absolute Gasteiger partial charge is 0.138 e. The van der Waals surface area contributed by atoms with Crippen LogP contribution in [0.3, 0.4) is 0 Å². The average Bonchev–Trinajstić information content (AvgIpc) is 3.21. The van der Waals surface area contributed by atoms with Crippen molar-refractivity contribution >= 4 is 0 Å². The minimum atomic E-state index is -0.164. The van der Waals surface area contributed by atoms with E-state index in [-0.39, 0.29) is 5.60 Å². The lowest BCUT2D eigenvalue weighted by Crippen LogP contribution is -2.31. The van der Waals surface area contributed by atoms with Gasteiger partial charge in [-0.15, -0.1) is 0 Å². The first-order valence-electron chi connectivity index (χ1n) is 8.24. The number of nitrogens with one attached hydrogen (secondary N) is 2. The van der Waals surface area contributed by atoms with Crippen LogP contribution in [-0.2, 0) is 16.9 Å². The summed E-state index contributed by atoms with van der Waals surface area (Å²) in [5.41, 5.74) is 1.03. The van der Waals surface area contributed by atoms with E-state index < -0.39 is 0 Å². The van der Waals surface area contributed by atoms with Gasteiger partial charge in [0.2, 0.25) is 0 Å². The van der Waals surface area contributed by atoms with Crippen molar-refractivity contribution in [2.75, 3.05) is 6.61 Å². The summed E-state index contributed by atoms with van der Waals surface area (Å²) in [7, 11) is 0. The monoisotopic (exact) mass is 277 g/mol. The molecule has 2 aliphatic rings. The Hall–Kier alpha value is -0.870. The third kappa shape index (κ3) is 3.23. The zero-order chi connectivity index (χ0) is 13.8. The van der Waals surface area contributed by atoms with E-state index in [0.717, 1.165) is 37.9 Å². The molecule has 3 rings (SSSR count). The van der Waals surface area contributed by atoms with Gasteiger partial charge in [0.05, 0.1) is 0 Å². The fraction of sp³-hybridized carbons (Fsp3) is 0.812. The van der Waals surface area contributed by atoms with E-state index in [1.54, 1.807) is 0 Å². The van der Waals surface area contributed by atoms with E-state index in [9.17, 15) is 0 Å². The maximum absolute atomic E-state index is 6.17. The van der Waals surface area contributed by atoms with Crippen LogP contribution in [0.1, 0.15) is 69.8 Å². The molecule has 0 aromatic carbocycles. The maximum Gasteiger partial charge on any atom is 0.138 e. The molecule has 0 radical (unpaired) electrons. The SMILES string of the molecule is CCOC1(c2ncc(CNC3CC3)[nH]2)CCCCCC1. The fourth-order valence-electron chi connectivity index (χ4n) is 3.25. The predicted octanol–water partition coefficient (Wildman–Crippen LogP) is 3.25. The van der Waals surface area contributed by atoms with E-state index >= 15 is 0 Å². The minimum absolute atomic E-state index is 0.164. The van der Waals surface area contributed by atoms with E-state index in [1.807, 2.05) is 6.20 Å². The molecule has 4 heteroatoms. The second-order valence-electron chi connectivity index (χ2n) is 6.25. The number of aromatic amines is 1. The van der Waals surface area contributed by atoms with Gasteiger partial charge in [-0.05, 0) is 32.6 Å². The lowest BCUT2D eigenvalue weighted by Gasteiger charge is -2.30. The summed E-state index contributed by atoms with van der Waals surface area (Å²) in [6, 6.07) is 0.737. The highest BCUT2D eigenvalue weighted by molar-refractivity contribution is 5.10. The van der Waals surface area contributed by atoms with Crippen LogP contribution in [0.25, 0.3) is 0 Å². The van der Waals surface area contributed by atoms with Gasteiger partial charge in [0.15, 0.2) is 0 Å². The first kappa shape index (κ1) is 14.1. The van der Waals surface area contributed by atoms with Crippen molar-refractivity contribution in [1.29, 1.82) is 0 Å². The third-order valence-corrected chi connectivity index (χ3v) is 4.55. The molecule has 0 aliphatic heterocycles. The van der Waals surface area contributed by atoms with Crippen molar-refractivity contribution < 1.29 is 4.74 Å². The Kier molecular flexibility index (Phi) is 4.41. The van der Waals surface area contributed by atoms with E-state index in [2.05, 4.69) is 22.2 Å². The fourth-order valence-corrected chi connectivity index (χ4v) is 3.25. The second-order valence-corrected chi connectivity index (χ2v) is 6.25. The van der Waals surface area contributed by atoms with Crippen LogP contribution >= 0.6 is 0 Å². The molecular formula is C16H27N3O. The summed E-state index contributed by atoms with van der Waals surface area (Å²) in [4.78, 5) is 8.17. The first-order valence-corrected chi connectivity index (χ1v) is 8.24. The molecule has 20 heavy (non-hydrogen) atoms. The Bertz CT molecular complexity index is 417. The van der Waals surface area contributed by atoms with Crippen molar-refractivity contribution in [2.45, 2.75) is 76.5 Å². The minimum Gasteiger partial charge on any atom is -0.367 e. The molecule has 1 aromatic heterocycles. The number of imidazole rings is 1. The van der Waals surface area contributed by atoms with E-state index in [4.69, 9.17) is 4.74 Å². The molecule has 0 unspecified atom stereocenters. The van der Waals surface area contributed by atoms with Gasteiger partial charge >= 0.3 is 0 Å². The third-order valence-electron chi connectivity index (χ3n) is 4.55. The molecule has 4 nitrogen and oxygen atoms in total. The molecule has 0 atom stereocenters. The van der Waals surface area contributed by atoms with Crippen LogP contribution in [0, 0.1) is 0 Å². The van der Waals surface area contributed by atoms with Gasteiger partial charge in [0.25, 0.3) is 0 Å². The van der Waals surface area contributed by atoms with Gasteiger partial charge in [0, 0.05) is 31.1 Å². The standard InChI is InChI=1S/C16H27N3O/c1-2-20-16(9-5-3-4-6-10-16)15-18-12-14(19-15)11-17-13-7-8-13/h12-13,17H,2-11H2,1H3,(H,18,19). The van der Waals surface area contributed by atoms with Crippen LogP contribution in [0.2, 0.25) is 0 Å². The number of nitrogens with zero attached hydrogens (tertiary/aromatic N) is 1. The molecule has 0 saturated heterocycles. The summed E-state index contributed by atoms with van der Waals surface area (Å²) in [6.07, 6.45) is 12.0. The highest BCUT2D eigenvalue weighted by Gasteiger charge is 2.36. The van der Waals surface area contributed by atoms with E-state index in [0.29, 0.717) is 0 Å². The van der Waals surface area contributed by atoms with Crippen LogP contribution in [0.5, 0.6) is 0 Å². The second kappa shape index (κ2) is 6.27. The molecular weight excluding hydrogens is 250 g/mol. The number of aromatic nitrogens is 2. The summed E-state index contributed by atoms with van der Waals surface area (Å²) >= 11 is 0. The normalized spacial score (nSPS) is 22.6. The summed E-state index contributed by atoms with van der Waals surface area (Å²) < 4.78 is 6.17. The number of H-pyrrole nitrogens is 1. The molecule has 0 amide bonds. The van der Waals surface area contributed by atoms with Crippen LogP contribution in [0.15, 0.2) is 6.20 Å². The molecule has 1 heterocycles. The summed E-state index contributed by atoms with van der Waals surface area (Å²) in [5.74, 6) is 1.05. The Morgan fingerprint density at radius 3 is 2.70 bits per heavy atom. The number of ether oxygens (including phenoxy) is 1. The summed E-state index contributed by atoms with van der Waals surface area (Å²) in [6.45, 7) is 3.75. The molecule has 0 spiro atoms.